The Balaban J connectivity index is 2.15. The lowest BCUT2D eigenvalue weighted by Crippen LogP contribution is -2.38. The molecule has 0 atom stereocenters. The number of nitrogens with one attached hydrogen (secondary N) is 2. The molecule has 0 unspecified atom stereocenters. The van der Waals surface area contributed by atoms with Gasteiger partial charge in [-0.2, -0.15) is 31.0 Å². The first-order valence-electron chi connectivity index (χ1n) is 8.49. The van der Waals surface area contributed by atoms with E-state index in [2.05, 4.69) is 10.1 Å². The molecule has 31 heavy (non-hydrogen) atoms. The molecular weight excluding hydrogens is 428 g/mol. The van der Waals surface area contributed by atoms with Gasteiger partial charge in [0.15, 0.2) is 0 Å². The number of halogens is 6. The van der Waals surface area contributed by atoms with Crippen LogP contribution in [0.3, 0.4) is 0 Å². The van der Waals surface area contributed by atoms with Gasteiger partial charge in [-0.3, -0.25) is 15.8 Å². The second-order valence-electron chi connectivity index (χ2n) is 6.33. The molecular formula is C19H13F6N5O. The highest BCUT2D eigenvalue weighted by atomic mass is 19.4. The number of pyridine rings is 1. The lowest BCUT2D eigenvalue weighted by atomic mass is 10.0. The molecule has 12 heteroatoms. The third-order valence-corrected chi connectivity index (χ3v) is 4.08. The SMILES string of the molecule is Cc1cc(=N)n(C(=N)C(F)(F)F)nc1Oc1cc(C(F)(F)F)ccc1-c1cccnc1. The van der Waals surface area contributed by atoms with Crippen molar-refractivity contribution in [2.75, 3.05) is 0 Å². The summed E-state index contributed by atoms with van der Waals surface area (Å²) in [5, 5.41) is 18.4. The first-order valence-corrected chi connectivity index (χ1v) is 8.49. The van der Waals surface area contributed by atoms with Crippen molar-refractivity contribution in [2.24, 2.45) is 0 Å². The predicted octanol–water partition coefficient (Wildman–Crippen LogP) is 4.93. The molecule has 0 radical (unpaired) electrons. The van der Waals surface area contributed by atoms with Gasteiger partial charge in [0, 0.05) is 29.1 Å². The van der Waals surface area contributed by atoms with Crippen LogP contribution < -0.4 is 10.2 Å². The van der Waals surface area contributed by atoms with E-state index in [1.165, 1.54) is 19.3 Å². The van der Waals surface area contributed by atoms with Crippen molar-refractivity contribution in [1.82, 2.24) is 14.8 Å². The molecule has 1 aromatic carbocycles. The smallest absolute Gasteiger partial charge is 0.437 e. The average Bonchev–Trinajstić information content (AvgIpc) is 2.68. The van der Waals surface area contributed by atoms with Gasteiger partial charge in [0.05, 0.1) is 5.56 Å². The molecule has 0 saturated heterocycles. The zero-order valence-corrected chi connectivity index (χ0v) is 15.6. The van der Waals surface area contributed by atoms with Crippen LogP contribution in [-0.2, 0) is 6.18 Å². The standard InChI is InChI=1S/C19H13F6N5O/c1-10-7-15(26)30(17(27)19(23,24)25)29-16(10)31-14-8-12(18(20,21)22)4-5-13(14)11-3-2-6-28-9-11/h2-9,26-27H,1H3. The second kappa shape index (κ2) is 7.85. The molecule has 0 bridgehead atoms. The van der Waals surface area contributed by atoms with Crippen LogP contribution >= 0.6 is 0 Å². The van der Waals surface area contributed by atoms with E-state index < -0.39 is 35.1 Å². The minimum Gasteiger partial charge on any atom is -0.437 e. The molecule has 0 aliphatic rings. The molecule has 0 fully saturated rings. The maximum absolute atomic E-state index is 13.2. The number of benzene rings is 1. The Bertz CT molecular complexity index is 1190. The fraction of sp³-hybridized carbons (Fsp3) is 0.158. The van der Waals surface area contributed by atoms with E-state index >= 15 is 0 Å². The van der Waals surface area contributed by atoms with E-state index in [0.717, 1.165) is 18.2 Å². The number of hydrogen-bond acceptors (Lipinski definition) is 5. The molecule has 0 spiro atoms. The highest BCUT2D eigenvalue weighted by Gasteiger charge is 2.37. The minimum absolute atomic E-state index is 0.0142. The van der Waals surface area contributed by atoms with Gasteiger partial charge in [-0.05, 0) is 37.3 Å². The molecule has 162 valence electrons. The van der Waals surface area contributed by atoms with Crippen LogP contribution in [0, 0.1) is 17.7 Å². The summed E-state index contributed by atoms with van der Waals surface area (Å²) in [6.07, 6.45) is -6.96. The monoisotopic (exact) mass is 441 g/mol. The quantitative estimate of drug-likeness (QED) is 0.343. The van der Waals surface area contributed by atoms with Gasteiger partial charge in [0.1, 0.15) is 11.2 Å². The highest BCUT2D eigenvalue weighted by molar-refractivity contribution is 5.85. The van der Waals surface area contributed by atoms with Gasteiger partial charge in [-0.25, -0.2) is 0 Å². The van der Waals surface area contributed by atoms with E-state index in [9.17, 15) is 26.3 Å². The molecule has 3 aromatic rings. The lowest BCUT2D eigenvalue weighted by molar-refractivity contribution is -0.137. The maximum atomic E-state index is 13.2. The Hall–Kier alpha value is -3.70. The Morgan fingerprint density at radius 1 is 1.06 bits per heavy atom. The number of nitrogens with zero attached hydrogens (tertiary/aromatic N) is 3. The van der Waals surface area contributed by atoms with Crippen LogP contribution in [0.2, 0.25) is 0 Å². The first kappa shape index (κ1) is 22.0. The predicted molar refractivity (Wildman–Crippen MR) is 96.7 cm³/mol. The summed E-state index contributed by atoms with van der Waals surface area (Å²) in [4.78, 5) is 3.90. The Labute approximate surface area is 170 Å². The topological polar surface area (TPSA) is 87.6 Å². The van der Waals surface area contributed by atoms with Gasteiger partial charge in [-0.1, -0.05) is 6.07 Å². The van der Waals surface area contributed by atoms with Gasteiger partial charge in [0.25, 0.3) is 0 Å². The molecule has 3 rings (SSSR count). The summed E-state index contributed by atoms with van der Waals surface area (Å²) in [7, 11) is 0. The summed E-state index contributed by atoms with van der Waals surface area (Å²) < 4.78 is 83.8. The Morgan fingerprint density at radius 3 is 2.35 bits per heavy atom. The van der Waals surface area contributed by atoms with Crippen LogP contribution in [0.15, 0.2) is 48.8 Å². The third-order valence-electron chi connectivity index (χ3n) is 4.08. The van der Waals surface area contributed by atoms with E-state index in [0.29, 0.717) is 11.6 Å². The molecule has 2 aromatic heterocycles. The van der Waals surface area contributed by atoms with Crippen LogP contribution in [-0.4, -0.2) is 26.8 Å². The van der Waals surface area contributed by atoms with Gasteiger partial charge < -0.3 is 4.74 Å². The highest BCUT2D eigenvalue weighted by Crippen LogP contribution is 2.38. The van der Waals surface area contributed by atoms with E-state index in [1.807, 2.05) is 0 Å². The number of alkyl halides is 6. The number of hydrogen-bond donors (Lipinski definition) is 2. The molecule has 2 heterocycles. The summed E-state index contributed by atoms with van der Waals surface area (Å²) in [6, 6.07) is 6.75. The van der Waals surface area contributed by atoms with Crippen molar-refractivity contribution in [3.8, 4) is 22.8 Å². The molecule has 2 N–H and O–H groups in total. The summed E-state index contributed by atoms with van der Waals surface area (Å²) in [5.41, 5.74) is -1.11. The summed E-state index contributed by atoms with van der Waals surface area (Å²) >= 11 is 0. The normalized spacial score (nSPS) is 12.0. The van der Waals surface area contributed by atoms with Crippen molar-refractivity contribution >= 4 is 5.84 Å². The largest absolute Gasteiger partial charge is 0.451 e. The number of aromatic nitrogens is 3. The van der Waals surface area contributed by atoms with Crippen molar-refractivity contribution < 1.29 is 31.1 Å². The average molecular weight is 441 g/mol. The fourth-order valence-electron chi connectivity index (χ4n) is 2.59. The number of aryl methyl sites for hydroxylation is 1. The minimum atomic E-state index is -5.10. The maximum Gasteiger partial charge on any atom is 0.451 e. The van der Waals surface area contributed by atoms with Gasteiger partial charge in [-0.15, -0.1) is 5.10 Å². The Kier molecular flexibility index (Phi) is 5.57. The second-order valence-corrected chi connectivity index (χ2v) is 6.33. The summed E-state index contributed by atoms with van der Waals surface area (Å²) in [6.45, 7) is 1.36. The number of ether oxygens (including phenoxy) is 1. The molecule has 6 nitrogen and oxygen atoms in total. The van der Waals surface area contributed by atoms with Crippen LogP contribution in [0.4, 0.5) is 26.3 Å². The van der Waals surface area contributed by atoms with Crippen LogP contribution in [0.25, 0.3) is 11.1 Å². The molecule has 0 aliphatic heterocycles. The van der Waals surface area contributed by atoms with E-state index in [-0.39, 0.29) is 21.6 Å². The molecule has 0 saturated carbocycles. The zero-order chi connectivity index (χ0) is 23.0. The van der Waals surface area contributed by atoms with Gasteiger partial charge in [0.2, 0.25) is 11.7 Å². The van der Waals surface area contributed by atoms with Crippen molar-refractivity contribution in [3.05, 3.63) is 65.4 Å². The van der Waals surface area contributed by atoms with Crippen molar-refractivity contribution in [2.45, 2.75) is 19.3 Å². The van der Waals surface area contributed by atoms with Crippen molar-refractivity contribution in [1.29, 1.82) is 10.8 Å². The first-order chi connectivity index (χ1) is 14.4. The van der Waals surface area contributed by atoms with E-state index in [4.69, 9.17) is 15.6 Å². The number of rotatable bonds is 3. The van der Waals surface area contributed by atoms with Gasteiger partial charge >= 0.3 is 12.4 Å². The van der Waals surface area contributed by atoms with Crippen LogP contribution in [0.5, 0.6) is 11.6 Å². The fourth-order valence-corrected chi connectivity index (χ4v) is 2.59. The molecule has 0 aliphatic carbocycles. The van der Waals surface area contributed by atoms with E-state index in [1.54, 1.807) is 12.1 Å². The zero-order valence-electron chi connectivity index (χ0n) is 15.6. The lowest BCUT2D eigenvalue weighted by Gasteiger charge is -2.17. The van der Waals surface area contributed by atoms with Crippen molar-refractivity contribution in [3.63, 3.8) is 0 Å². The molecule has 0 amide bonds. The van der Waals surface area contributed by atoms with Crippen LogP contribution in [0.1, 0.15) is 11.1 Å². The Morgan fingerprint density at radius 2 is 1.77 bits per heavy atom. The third kappa shape index (κ3) is 4.73. The summed E-state index contributed by atoms with van der Waals surface area (Å²) in [5.74, 6) is -2.77.